The van der Waals surface area contributed by atoms with Crippen LogP contribution in [0.1, 0.15) is 50.2 Å². The van der Waals surface area contributed by atoms with Gasteiger partial charge >= 0.3 is 0 Å². The minimum absolute atomic E-state index is 0.00545. The number of carbonyl (C=O) groups is 3. The highest BCUT2D eigenvalue weighted by Crippen LogP contribution is 2.30. The molecule has 7 nitrogen and oxygen atoms in total. The van der Waals surface area contributed by atoms with E-state index in [1.807, 2.05) is 36.1 Å². The lowest BCUT2D eigenvalue weighted by Gasteiger charge is -2.32. The first-order valence-corrected chi connectivity index (χ1v) is 11.7. The van der Waals surface area contributed by atoms with Crippen LogP contribution in [0.15, 0.2) is 42.6 Å². The number of nitrogens with zero attached hydrogens (tertiary/aromatic N) is 3. The summed E-state index contributed by atoms with van der Waals surface area (Å²) in [4.78, 5) is 46.2. The second-order valence-electron chi connectivity index (χ2n) is 9.46. The number of rotatable bonds is 5. The number of nitrogens with one attached hydrogen (secondary N) is 1. The Bertz CT molecular complexity index is 1030. The lowest BCUT2D eigenvalue weighted by molar-refractivity contribution is -0.138. The summed E-state index contributed by atoms with van der Waals surface area (Å²) in [6.45, 7) is 7.68. The van der Waals surface area contributed by atoms with Crippen LogP contribution in [0.5, 0.6) is 0 Å². The van der Waals surface area contributed by atoms with E-state index in [-0.39, 0.29) is 36.0 Å². The largest absolute Gasteiger partial charge is 0.342 e. The molecule has 0 bridgehead atoms. The van der Waals surface area contributed by atoms with Crippen molar-refractivity contribution in [2.75, 3.05) is 29.9 Å². The van der Waals surface area contributed by atoms with Crippen LogP contribution in [-0.4, -0.2) is 47.2 Å². The van der Waals surface area contributed by atoms with Crippen LogP contribution in [0.3, 0.4) is 0 Å². The molecule has 1 unspecified atom stereocenters. The van der Waals surface area contributed by atoms with Gasteiger partial charge in [0.1, 0.15) is 5.82 Å². The van der Waals surface area contributed by atoms with E-state index in [9.17, 15) is 14.4 Å². The summed E-state index contributed by atoms with van der Waals surface area (Å²) in [5.74, 6) is 0.417. The van der Waals surface area contributed by atoms with Crippen molar-refractivity contribution in [1.82, 2.24) is 9.88 Å². The summed E-state index contributed by atoms with van der Waals surface area (Å²) < 4.78 is 0. The minimum atomic E-state index is -0.331. The standard InChI is InChI=1S/C26H32N4O3/c1-17(2)20-5-4-6-22(13-20)30-16-21(14-24(30)31)26(33)29-11-9-19(10-12-29)25(32)28-23-8-7-18(3)15-27-23/h4-8,13,15,17,19,21H,9-12,14,16H2,1-3H3,(H,27,28,32). The summed E-state index contributed by atoms with van der Waals surface area (Å²) in [6, 6.07) is 11.7. The topological polar surface area (TPSA) is 82.6 Å². The van der Waals surface area contributed by atoms with Crippen molar-refractivity contribution in [1.29, 1.82) is 0 Å². The molecule has 1 atom stereocenters. The number of amides is 3. The highest BCUT2D eigenvalue weighted by molar-refractivity contribution is 6.00. The third kappa shape index (κ3) is 5.24. The van der Waals surface area contributed by atoms with E-state index >= 15 is 0 Å². The van der Waals surface area contributed by atoms with Crippen LogP contribution in [0.2, 0.25) is 0 Å². The fourth-order valence-corrected chi connectivity index (χ4v) is 4.56. The van der Waals surface area contributed by atoms with Crippen molar-refractivity contribution in [3.8, 4) is 0 Å². The molecule has 3 amide bonds. The van der Waals surface area contributed by atoms with Crippen LogP contribution >= 0.6 is 0 Å². The Morgan fingerprint density at radius 1 is 1.09 bits per heavy atom. The lowest BCUT2D eigenvalue weighted by atomic mass is 9.94. The van der Waals surface area contributed by atoms with Gasteiger partial charge in [0.2, 0.25) is 17.7 Å². The number of aryl methyl sites for hydroxylation is 1. The predicted molar refractivity (Wildman–Crippen MR) is 128 cm³/mol. The number of pyridine rings is 1. The summed E-state index contributed by atoms with van der Waals surface area (Å²) >= 11 is 0. The Morgan fingerprint density at radius 3 is 2.52 bits per heavy atom. The van der Waals surface area contributed by atoms with Crippen LogP contribution in [0.4, 0.5) is 11.5 Å². The maximum Gasteiger partial charge on any atom is 0.228 e. The van der Waals surface area contributed by atoms with Crippen molar-refractivity contribution in [3.05, 3.63) is 53.7 Å². The van der Waals surface area contributed by atoms with Gasteiger partial charge in [0.15, 0.2) is 0 Å². The Kier molecular flexibility index (Phi) is 6.77. The van der Waals surface area contributed by atoms with Crippen molar-refractivity contribution in [2.24, 2.45) is 11.8 Å². The third-order valence-electron chi connectivity index (χ3n) is 6.66. The number of anilines is 2. The molecular weight excluding hydrogens is 416 g/mol. The van der Waals surface area contributed by atoms with Gasteiger partial charge in [-0.2, -0.15) is 0 Å². The molecule has 0 saturated carbocycles. The molecule has 2 aliphatic heterocycles. The Balaban J connectivity index is 1.31. The minimum Gasteiger partial charge on any atom is -0.342 e. The SMILES string of the molecule is Cc1ccc(NC(=O)C2CCN(C(=O)C3CC(=O)N(c4cccc(C(C)C)c4)C3)CC2)nc1. The first-order valence-electron chi connectivity index (χ1n) is 11.7. The monoisotopic (exact) mass is 448 g/mol. The first kappa shape index (κ1) is 23.0. The summed E-state index contributed by atoms with van der Waals surface area (Å²) in [6.07, 6.45) is 3.20. The molecule has 174 valence electrons. The first-order chi connectivity index (χ1) is 15.8. The Hall–Kier alpha value is -3.22. The van der Waals surface area contributed by atoms with E-state index in [0.717, 1.165) is 11.3 Å². The van der Waals surface area contributed by atoms with Crippen LogP contribution in [0.25, 0.3) is 0 Å². The van der Waals surface area contributed by atoms with E-state index in [4.69, 9.17) is 0 Å². The van der Waals surface area contributed by atoms with Gasteiger partial charge in [-0.05, 0) is 55.0 Å². The summed E-state index contributed by atoms with van der Waals surface area (Å²) in [7, 11) is 0. The van der Waals surface area contributed by atoms with Gasteiger partial charge in [0, 0.05) is 43.9 Å². The number of hydrogen-bond acceptors (Lipinski definition) is 4. The molecule has 1 N–H and O–H groups in total. The number of carbonyl (C=O) groups excluding carboxylic acids is 3. The van der Waals surface area contributed by atoms with Gasteiger partial charge in [-0.3, -0.25) is 14.4 Å². The zero-order valence-corrected chi connectivity index (χ0v) is 19.6. The Labute approximate surface area is 195 Å². The number of benzene rings is 1. The summed E-state index contributed by atoms with van der Waals surface area (Å²) in [5, 5.41) is 2.88. The molecule has 0 aliphatic carbocycles. The van der Waals surface area contributed by atoms with Crippen LogP contribution < -0.4 is 10.2 Å². The zero-order chi connectivity index (χ0) is 23.5. The summed E-state index contributed by atoms with van der Waals surface area (Å²) in [5.41, 5.74) is 3.08. The fraction of sp³-hybridized carbons (Fsp3) is 0.462. The van der Waals surface area contributed by atoms with Gasteiger partial charge < -0.3 is 15.1 Å². The molecule has 2 aliphatic rings. The highest BCUT2D eigenvalue weighted by Gasteiger charge is 2.38. The van der Waals surface area contributed by atoms with E-state index < -0.39 is 0 Å². The predicted octanol–water partition coefficient (Wildman–Crippen LogP) is 3.74. The van der Waals surface area contributed by atoms with Crippen LogP contribution in [0, 0.1) is 18.8 Å². The van der Waals surface area contributed by atoms with Gasteiger partial charge in [-0.25, -0.2) is 4.98 Å². The Morgan fingerprint density at radius 2 is 1.85 bits per heavy atom. The molecule has 0 spiro atoms. The van der Waals surface area contributed by atoms with E-state index in [0.29, 0.717) is 44.2 Å². The molecular formula is C26H32N4O3. The smallest absolute Gasteiger partial charge is 0.228 e. The number of piperidine rings is 1. The molecule has 2 saturated heterocycles. The number of likely N-dealkylation sites (tertiary alicyclic amines) is 1. The van der Waals surface area contributed by atoms with Gasteiger partial charge in [-0.1, -0.05) is 32.0 Å². The second-order valence-corrected chi connectivity index (χ2v) is 9.46. The molecule has 2 aromatic rings. The average molecular weight is 449 g/mol. The van der Waals surface area contributed by atoms with Gasteiger partial charge in [0.25, 0.3) is 0 Å². The molecule has 33 heavy (non-hydrogen) atoms. The number of hydrogen-bond donors (Lipinski definition) is 1. The molecule has 7 heteroatoms. The molecule has 1 aromatic heterocycles. The third-order valence-corrected chi connectivity index (χ3v) is 6.66. The van der Waals surface area contributed by atoms with Crippen molar-refractivity contribution < 1.29 is 14.4 Å². The second kappa shape index (κ2) is 9.73. The van der Waals surface area contributed by atoms with E-state index in [1.165, 1.54) is 5.56 Å². The van der Waals surface area contributed by atoms with Gasteiger partial charge in [0.05, 0.1) is 5.92 Å². The molecule has 4 rings (SSSR count). The van der Waals surface area contributed by atoms with Crippen molar-refractivity contribution in [3.63, 3.8) is 0 Å². The van der Waals surface area contributed by atoms with Gasteiger partial charge in [-0.15, -0.1) is 0 Å². The number of aromatic nitrogens is 1. The molecule has 3 heterocycles. The van der Waals surface area contributed by atoms with Crippen molar-refractivity contribution >= 4 is 29.2 Å². The molecule has 0 radical (unpaired) electrons. The highest BCUT2D eigenvalue weighted by atomic mass is 16.2. The zero-order valence-electron chi connectivity index (χ0n) is 19.6. The van der Waals surface area contributed by atoms with Crippen LogP contribution in [-0.2, 0) is 14.4 Å². The molecule has 1 aromatic carbocycles. The normalized spacial score (nSPS) is 19.3. The van der Waals surface area contributed by atoms with Crippen molar-refractivity contribution in [2.45, 2.75) is 46.0 Å². The van der Waals surface area contributed by atoms with E-state index in [2.05, 4.69) is 30.2 Å². The fourth-order valence-electron chi connectivity index (χ4n) is 4.56. The quantitative estimate of drug-likeness (QED) is 0.755. The average Bonchev–Trinajstić information content (AvgIpc) is 3.21. The van der Waals surface area contributed by atoms with E-state index in [1.54, 1.807) is 17.2 Å². The maximum absolute atomic E-state index is 13.1. The maximum atomic E-state index is 13.1. The molecule has 2 fully saturated rings. The lowest BCUT2D eigenvalue weighted by Crippen LogP contribution is -2.44.